The monoisotopic (exact) mass is 231 g/mol. The van der Waals surface area contributed by atoms with Crippen molar-refractivity contribution in [1.82, 2.24) is 5.32 Å². The van der Waals surface area contributed by atoms with Crippen molar-refractivity contribution in [3.63, 3.8) is 0 Å². The molecule has 0 amide bonds. The van der Waals surface area contributed by atoms with Crippen LogP contribution < -0.4 is 5.32 Å². The van der Waals surface area contributed by atoms with Crippen molar-refractivity contribution >= 4 is 0 Å². The minimum Gasteiger partial charge on any atom is -0.310 e. The van der Waals surface area contributed by atoms with E-state index >= 15 is 0 Å². The smallest absolute Gasteiger partial charge is 0.310 e. The lowest BCUT2D eigenvalue weighted by atomic mass is 9.98. The fourth-order valence-electron chi connectivity index (χ4n) is 1.78. The fourth-order valence-corrected chi connectivity index (χ4v) is 1.78. The van der Waals surface area contributed by atoms with Gasteiger partial charge in [-0.05, 0) is 24.6 Å². The van der Waals surface area contributed by atoms with Gasteiger partial charge in [-0.25, -0.2) is 0 Å². The van der Waals surface area contributed by atoms with Crippen LogP contribution in [0.15, 0.2) is 24.3 Å². The Hall–Kier alpha value is -1.03. The Kier molecular flexibility index (Phi) is 4.35. The molecule has 0 aliphatic carbocycles. The molecule has 1 unspecified atom stereocenters. The molecule has 0 heterocycles. The molecule has 0 aromatic heterocycles. The molecule has 0 fully saturated rings. The van der Waals surface area contributed by atoms with E-state index in [0.29, 0.717) is 18.5 Å². The summed E-state index contributed by atoms with van der Waals surface area (Å²) >= 11 is 0. The maximum absolute atomic E-state index is 12.8. The summed E-state index contributed by atoms with van der Waals surface area (Å²) in [6.07, 6.45) is -3.64. The van der Waals surface area contributed by atoms with E-state index in [1.807, 2.05) is 13.8 Å². The summed E-state index contributed by atoms with van der Waals surface area (Å²) < 4.78 is 38.3. The highest BCUT2D eigenvalue weighted by molar-refractivity contribution is 5.32. The minimum absolute atomic E-state index is 0.233. The van der Waals surface area contributed by atoms with E-state index < -0.39 is 11.7 Å². The second-order valence-corrected chi connectivity index (χ2v) is 3.60. The molecule has 0 spiro atoms. The van der Waals surface area contributed by atoms with Crippen molar-refractivity contribution in [2.45, 2.75) is 32.5 Å². The summed E-state index contributed by atoms with van der Waals surface area (Å²) in [5.41, 5.74) is -0.206. The number of nitrogens with one attached hydrogen (secondary N) is 1. The lowest BCUT2D eigenvalue weighted by Crippen LogP contribution is -2.23. The summed E-state index contributed by atoms with van der Waals surface area (Å²) in [6.45, 7) is 4.42. The van der Waals surface area contributed by atoms with E-state index in [1.54, 1.807) is 12.1 Å². The molecule has 0 saturated heterocycles. The molecule has 90 valence electrons. The largest absolute Gasteiger partial charge is 0.416 e. The Balaban J connectivity index is 3.11. The Morgan fingerprint density at radius 2 is 1.81 bits per heavy atom. The molecule has 1 aromatic carbocycles. The zero-order chi connectivity index (χ0) is 12.2. The van der Waals surface area contributed by atoms with Crippen LogP contribution >= 0.6 is 0 Å². The van der Waals surface area contributed by atoms with Crippen LogP contribution in [0.25, 0.3) is 0 Å². The number of benzene rings is 1. The summed E-state index contributed by atoms with van der Waals surface area (Å²) in [5, 5.41) is 3.06. The highest BCUT2D eigenvalue weighted by Gasteiger charge is 2.34. The molecule has 0 bridgehead atoms. The maximum Gasteiger partial charge on any atom is 0.416 e. The van der Waals surface area contributed by atoms with Gasteiger partial charge in [0.2, 0.25) is 0 Å². The fraction of sp³-hybridized carbons (Fsp3) is 0.500. The van der Waals surface area contributed by atoms with E-state index in [0.717, 1.165) is 6.07 Å². The predicted molar refractivity (Wildman–Crippen MR) is 58.2 cm³/mol. The zero-order valence-electron chi connectivity index (χ0n) is 9.43. The van der Waals surface area contributed by atoms with Crippen LogP contribution in [0.3, 0.4) is 0 Å². The number of hydrogen-bond donors (Lipinski definition) is 1. The average molecular weight is 231 g/mol. The molecule has 1 rings (SSSR count). The van der Waals surface area contributed by atoms with Gasteiger partial charge in [-0.1, -0.05) is 32.0 Å². The van der Waals surface area contributed by atoms with E-state index in [1.165, 1.54) is 6.07 Å². The van der Waals surface area contributed by atoms with Gasteiger partial charge in [0.15, 0.2) is 0 Å². The van der Waals surface area contributed by atoms with Crippen LogP contribution in [0.5, 0.6) is 0 Å². The Labute approximate surface area is 93.7 Å². The van der Waals surface area contributed by atoms with Crippen LogP contribution in [-0.4, -0.2) is 6.54 Å². The highest BCUT2D eigenvalue weighted by atomic mass is 19.4. The molecule has 0 saturated carbocycles. The van der Waals surface area contributed by atoms with E-state index in [-0.39, 0.29) is 6.04 Å². The Morgan fingerprint density at radius 1 is 1.19 bits per heavy atom. The summed E-state index contributed by atoms with van der Waals surface area (Å²) in [4.78, 5) is 0. The van der Waals surface area contributed by atoms with Gasteiger partial charge in [-0.3, -0.25) is 0 Å². The van der Waals surface area contributed by atoms with E-state index in [4.69, 9.17) is 0 Å². The number of rotatable bonds is 4. The van der Waals surface area contributed by atoms with Crippen molar-refractivity contribution in [3.8, 4) is 0 Å². The number of halogens is 3. The maximum atomic E-state index is 12.8. The molecule has 0 radical (unpaired) electrons. The quantitative estimate of drug-likeness (QED) is 0.831. The molecule has 1 aromatic rings. The molecule has 1 N–H and O–H groups in total. The molecule has 1 nitrogen and oxygen atoms in total. The third-order valence-electron chi connectivity index (χ3n) is 2.50. The third kappa shape index (κ3) is 2.98. The number of alkyl halides is 3. The Bertz CT molecular complexity index is 333. The van der Waals surface area contributed by atoms with Gasteiger partial charge in [0.1, 0.15) is 0 Å². The second-order valence-electron chi connectivity index (χ2n) is 3.60. The summed E-state index contributed by atoms with van der Waals surface area (Å²) in [7, 11) is 0. The van der Waals surface area contributed by atoms with Crippen LogP contribution in [0.1, 0.15) is 37.4 Å². The predicted octanol–water partition coefficient (Wildman–Crippen LogP) is 3.77. The van der Waals surface area contributed by atoms with Crippen LogP contribution in [0.2, 0.25) is 0 Å². The van der Waals surface area contributed by atoms with Gasteiger partial charge in [0.25, 0.3) is 0 Å². The van der Waals surface area contributed by atoms with Crippen molar-refractivity contribution in [2.75, 3.05) is 6.54 Å². The minimum atomic E-state index is -4.28. The Morgan fingerprint density at radius 3 is 2.31 bits per heavy atom. The van der Waals surface area contributed by atoms with Gasteiger partial charge >= 0.3 is 6.18 Å². The van der Waals surface area contributed by atoms with Crippen molar-refractivity contribution < 1.29 is 13.2 Å². The zero-order valence-corrected chi connectivity index (χ0v) is 9.43. The third-order valence-corrected chi connectivity index (χ3v) is 2.50. The van der Waals surface area contributed by atoms with Gasteiger partial charge in [-0.15, -0.1) is 0 Å². The van der Waals surface area contributed by atoms with Crippen molar-refractivity contribution in [2.24, 2.45) is 0 Å². The van der Waals surface area contributed by atoms with Crippen molar-refractivity contribution in [3.05, 3.63) is 35.4 Å². The average Bonchev–Trinajstić information content (AvgIpc) is 2.25. The standard InChI is InChI=1S/C12H16F3N/c1-3-11(16-4-2)9-7-5-6-8-10(9)12(13,14)15/h5-8,11,16H,3-4H2,1-2H3. The lowest BCUT2D eigenvalue weighted by molar-refractivity contribution is -0.138. The molecule has 0 aliphatic heterocycles. The molecular formula is C12H16F3N. The van der Waals surface area contributed by atoms with Crippen LogP contribution in [-0.2, 0) is 6.18 Å². The van der Waals surface area contributed by atoms with E-state index in [2.05, 4.69) is 5.32 Å². The number of hydrogen-bond acceptors (Lipinski definition) is 1. The van der Waals surface area contributed by atoms with Gasteiger partial charge < -0.3 is 5.32 Å². The summed E-state index contributed by atoms with van der Waals surface area (Å²) in [6, 6.07) is 5.51. The molecule has 1 atom stereocenters. The first-order chi connectivity index (χ1) is 7.50. The van der Waals surface area contributed by atoms with Gasteiger partial charge in [-0.2, -0.15) is 13.2 Å². The second kappa shape index (κ2) is 5.34. The molecule has 16 heavy (non-hydrogen) atoms. The lowest BCUT2D eigenvalue weighted by Gasteiger charge is -2.21. The van der Waals surface area contributed by atoms with Crippen LogP contribution in [0.4, 0.5) is 13.2 Å². The first kappa shape index (κ1) is 13.0. The van der Waals surface area contributed by atoms with Gasteiger partial charge in [0, 0.05) is 6.04 Å². The molecular weight excluding hydrogens is 215 g/mol. The molecule has 4 heteroatoms. The topological polar surface area (TPSA) is 12.0 Å². The van der Waals surface area contributed by atoms with Gasteiger partial charge in [0.05, 0.1) is 5.56 Å². The normalized spacial score (nSPS) is 13.8. The highest BCUT2D eigenvalue weighted by Crippen LogP contribution is 2.35. The SMILES string of the molecule is CCNC(CC)c1ccccc1C(F)(F)F. The van der Waals surface area contributed by atoms with E-state index in [9.17, 15) is 13.2 Å². The van der Waals surface area contributed by atoms with Crippen LogP contribution in [0, 0.1) is 0 Å². The summed E-state index contributed by atoms with van der Waals surface area (Å²) in [5.74, 6) is 0. The van der Waals surface area contributed by atoms with Crippen molar-refractivity contribution in [1.29, 1.82) is 0 Å². The first-order valence-corrected chi connectivity index (χ1v) is 5.40. The molecule has 0 aliphatic rings. The first-order valence-electron chi connectivity index (χ1n) is 5.40.